The number of carbonyl (C=O) groups excluding carboxylic acids is 3. The fourth-order valence-electron chi connectivity index (χ4n) is 4.28. The summed E-state index contributed by atoms with van der Waals surface area (Å²) in [6.45, 7) is 6.12. The largest absolute Gasteiger partial charge is 0.494 e. The van der Waals surface area contributed by atoms with Crippen LogP contribution in [0.3, 0.4) is 0 Å². The Hall–Kier alpha value is -2.84. The highest BCUT2D eigenvalue weighted by atomic mass is 19.1. The van der Waals surface area contributed by atoms with Crippen LogP contribution in [0.25, 0.3) is 0 Å². The second-order valence-electron chi connectivity index (χ2n) is 9.34. The zero-order valence-corrected chi connectivity index (χ0v) is 18.9. The lowest BCUT2D eigenvalue weighted by Crippen LogP contribution is -2.58. The maximum atomic E-state index is 13.3. The highest BCUT2D eigenvalue weighted by Crippen LogP contribution is 2.38. The van der Waals surface area contributed by atoms with E-state index in [1.807, 2.05) is 0 Å². The second-order valence-corrected chi connectivity index (χ2v) is 9.34. The lowest BCUT2D eigenvalue weighted by atomic mass is 9.72. The Bertz CT molecular complexity index is 839. The van der Waals surface area contributed by atoms with E-state index in [1.54, 1.807) is 20.8 Å². The number of alkyl carbamates (subject to hydrolysis) is 1. The van der Waals surface area contributed by atoms with Gasteiger partial charge in [-0.3, -0.25) is 9.69 Å². The molecule has 0 radical (unpaired) electrons. The van der Waals surface area contributed by atoms with Crippen molar-refractivity contribution in [2.24, 2.45) is 5.92 Å². The summed E-state index contributed by atoms with van der Waals surface area (Å²) in [5, 5.41) is 5.67. The molecule has 1 aliphatic heterocycles. The Kier molecular flexibility index (Phi) is 7.26. The van der Waals surface area contributed by atoms with Crippen molar-refractivity contribution in [2.45, 2.75) is 64.0 Å². The fourth-order valence-corrected chi connectivity index (χ4v) is 4.28. The smallest absolute Gasteiger partial charge is 0.407 e. The number of nitrogens with one attached hydrogen (secondary N) is 2. The Morgan fingerprint density at radius 3 is 2.66 bits per heavy atom. The molecule has 2 aliphatic rings. The predicted octanol–water partition coefficient (Wildman–Crippen LogP) is 3.60. The minimum atomic E-state index is -0.998. The zero-order chi connectivity index (χ0) is 23.4. The SMILES string of the molecule is CC(C)(C)OC(=O)NCC1CCCCC12NC(=O)N(CCCOc1ccc(F)cc1)C2=O. The third-order valence-electron chi connectivity index (χ3n) is 5.77. The molecule has 1 aromatic carbocycles. The number of carbonyl (C=O) groups is 3. The number of hydrogen-bond donors (Lipinski definition) is 2. The van der Waals surface area contributed by atoms with E-state index >= 15 is 0 Å². The fraction of sp³-hybridized carbons (Fsp3) is 0.609. The average Bonchev–Trinajstić information content (AvgIpc) is 2.95. The Labute approximate surface area is 187 Å². The van der Waals surface area contributed by atoms with Gasteiger partial charge in [0.15, 0.2) is 0 Å². The third-order valence-corrected chi connectivity index (χ3v) is 5.77. The number of ether oxygens (including phenoxy) is 2. The van der Waals surface area contributed by atoms with Gasteiger partial charge in [0.05, 0.1) is 6.61 Å². The Morgan fingerprint density at radius 2 is 1.97 bits per heavy atom. The lowest BCUT2D eigenvalue weighted by molar-refractivity contribution is -0.134. The first-order valence-corrected chi connectivity index (χ1v) is 11.1. The van der Waals surface area contributed by atoms with Gasteiger partial charge in [-0.1, -0.05) is 12.8 Å². The topological polar surface area (TPSA) is 97.0 Å². The van der Waals surface area contributed by atoms with Crippen LogP contribution in [-0.4, -0.2) is 53.8 Å². The van der Waals surface area contributed by atoms with Gasteiger partial charge in [0.1, 0.15) is 22.7 Å². The number of amides is 4. The van der Waals surface area contributed by atoms with Crippen LogP contribution >= 0.6 is 0 Å². The summed E-state index contributed by atoms with van der Waals surface area (Å²) in [5.74, 6) is -0.272. The van der Waals surface area contributed by atoms with E-state index in [0.717, 1.165) is 19.3 Å². The first-order chi connectivity index (χ1) is 15.1. The van der Waals surface area contributed by atoms with E-state index in [4.69, 9.17) is 9.47 Å². The van der Waals surface area contributed by atoms with Crippen molar-refractivity contribution in [3.8, 4) is 5.75 Å². The van der Waals surface area contributed by atoms with Gasteiger partial charge in [0, 0.05) is 19.0 Å². The highest BCUT2D eigenvalue weighted by molar-refractivity contribution is 6.07. The standard InChI is InChI=1S/C23H32FN3O5/c1-22(2,3)32-21(30)25-15-16-7-4-5-12-23(16)19(28)27(20(29)26-23)13-6-14-31-18-10-8-17(24)9-11-18/h8-11,16H,4-7,12-15H2,1-3H3,(H,25,30)(H,26,29). The molecule has 4 amide bonds. The van der Waals surface area contributed by atoms with Crippen molar-refractivity contribution in [1.29, 1.82) is 0 Å². The van der Waals surface area contributed by atoms with Crippen molar-refractivity contribution >= 4 is 18.0 Å². The molecule has 1 aromatic rings. The quantitative estimate of drug-likeness (QED) is 0.490. The molecule has 2 N–H and O–H groups in total. The number of rotatable bonds is 7. The number of halogens is 1. The molecule has 0 aromatic heterocycles. The maximum absolute atomic E-state index is 13.3. The van der Waals surface area contributed by atoms with Gasteiger partial charge in [0.2, 0.25) is 0 Å². The molecule has 1 saturated heterocycles. The van der Waals surface area contributed by atoms with Gasteiger partial charge in [-0.05, 0) is 64.3 Å². The third kappa shape index (κ3) is 5.69. The van der Waals surface area contributed by atoms with E-state index in [1.165, 1.54) is 29.2 Å². The van der Waals surface area contributed by atoms with E-state index in [0.29, 0.717) is 25.2 Å². The van der Waals surface area contributed by atoms with Crippen LogP contribution < -0.4 is 15.4 Å². The summed E-state index contributed by atoms with van der Waals surface area (Å²) >= 11 is 0. The Morgan fingerprint density at radius 1 is 1.25 bits per heavy atom. The minimum Gasteiger partial charge on any atom is -0.494 e. The number of hydrogen-bond acceptors (Lipinski definition) is 5. The van der Waals surface area contributed by atoms with Crippen LogP contribution in [0.15, 0.2) is 24.3 Å². The molecule has 0 bridgehead atoms. The molecule has 1 saturated carbocycles. The van der Waals surface area contributed by atoms with Crippen LogP contribution in [0.2, 0.25) is 0 Å². The van der Waals surface area contributed by atoms with Crippen molar-refractivity contribution < 1.29 is 28.2 Å². The number of nitrogens with zero attached hydrogens (tertiary/aromatic N) is 1. The minimum absolute atomic E-state index is 0.208. The van der Waals surface area contributed by atoms with Crippen LogP contribution in [0.5, 0.6) is 5.75 Å². The van der Waals surface area contributed by atoms with Crippen LogP contribution in [0.4, 0.5) is 14.0 Å². The molecule has 1 heterocycles. The molecule has 9 heteroatoms. The van der Waals surface area contributed by atoms with Crippen molar-refractivity contribution in [3.05, 3.63) is 30.1 Å². The molecular weight excluding hydrogens is 417 g/mol. The first-order valence-electron chi connectivity index (χ1n) is 11.1. The van der Waals surface area contributed by atoms with Crippen molar-refractivity contribution in [2.75, 3.05) is 19.7 Å². The number of benzene rings is 1. The van der Waals surface area contributed by atoms with E-state index in [-0.39, 0.29) is 30.7 Å². The van der Waals surface area contributed by atoms with Gasteiger partial charge in [0.25, 0.3) is 5.91 Å². The summed E-state index contributed by atoms with van der Waals surface area (Å²) < 4.78 is 23.8. The van der Waals surface area contributed by atoms with E-state index in [2.05, 4.69) is 10.6 Å². The first kappa shape index (κ1) is 23.8. The molecule has 2 fully saturated rings. The second kappa shape index (κ2) is 9.75. The lowest BCUT2D eigenvalue weighted by Gasteiger charge is -2.39. The molecule has 2 unspecified atom stereocenters. The van der Waals surface area contributed by atoms with Gasteiger partial charge in [-0.2, -0.15) is 0 Å². The molecule has 2 atom stereocenters. The maximum Gasteiger partial charge on any atom is 0.407 e. The van der Waals surface area contributed by atoms with Gasteiger partial charge >= 0.3 is 12.1 Å². The molecule has 1 aliphatic carbocycles. The number of urea groups is 1. The number of imide groups is 1. The highest BCUT2D eigenvalue weighted by Gasteiger charge is 2.56. The van der Waals surface area contributed by atoms with Gasteiger partial charge < -0.3 is 20.1 Å². The molecule has 1 spiro atoms. The van der Waals surface area contributed by atoms with Gasteiger partial charge in [-0.15, -0.1) is 0 Å². The summed E-state index contributed by atoms with van der Waals surface area (Å²) in [7, 11) is 0. The average molecular weight is 450 g/mol. The summed E-state index contributed by atoms with van der Waals surface area (Å²) in [6.07, 6.45) is 2.94. The van der Waals surface area contributed by atoms with Crippen molar-refractivity contribution in [3.63, 3.8) is 0 Å². The Balaban J connectivity index is 1.56. The van der Waals surface area contributed by atoms with E-state index in [9.17, 15) is 18.8 Å². The predicted molar refractivity (Wildman–Crippen MR) is 116 cm³/mol. The summed E-state index contributed by atoms with van der Waals surface area (Å²) in [5.41, 5.74) is -1.61. The molecular formula is C23H32FN3O5. The molecule has 8 nitrogen and oxygen atoms in total. The monoisotopic (exact) mass is 449 g/mol. The van der Waals surface area contributed by atoms with Crippen molar-refractivity contribution in [1.82, 2.24) is 15.5 Å². The van der Waals surface area contributed by atoms with E-state index < -0.39 is 23.3 Å². The molecule has 176 valence electrons. The van der Waals surface area contributed by atoms with Crippen LogP contribution in [0.1, 0.15) is 52.9 Å². The normalized spacial score (nSPS) is 23.2. The zero-order valence-electron chi connectivity index (χ0n) is 18.9. The van der Waals surface area contributed by atoms with Gasteiger partial charge in [-0.25, -0.2) is 14.0 Å². The van der Waals surface area contributed by atoms with Crippen LogP contribution in [-0.2, 0) is 9.53 Å². The molecule has 3 rings (SSSR count). The summed E-state index contributed by atoms with van der Waals surface area (Å²) in [4.78, 5) is 39.2. The molecule has 32 heavy (non-hydrogen) atoms. The van der Waals surface area contributed by atoms with Crippen LogP contribution in [0, 0.1) is 11.7 Å². The summed E-state index contributed by atoms with van der Waals surface area (Å²) in [6, 6.07) is 5.27.